The highest BCUT2D eigenvalue weighted by Gasteiger charge is 2.34. The molecular formula is C22H29IN4O3S. The summed E-state index contributed by atoms with van der Waals surface area (Å²) in [5, 5.41) is 20.9. The van der Waals surface area contributed by atoms with Crippen LogP contribution in [0.15, 0.2) is 46.1 Å². The summed E-state index contributed by atoms with van der Waals surface area (Å²) in [6.45, 7) is 5.74. The van der Waals surface area contributed by atoms with E-state index in [1.165, 1.54) is 4.90 Å². The molecule has 1 aliphatic rings. The highest BCUT2D eigenvalue weighted by Crippen LogP contribution is 2.23. The molecule has 2 heterocycles. The number of nitrogens with one attached hydrogen (secondary N) is 2. The van der Waals surface area contributed by atoms with Crippen molar-refractivity contribution in [2.24, 2.45) is 4.99 Å². The molecule has 7 nitrogen and oxygen atoms in total. The Bertz CT molecular complexity index is 880. The highest BCUT2D eigenvalue weighted by atomic mass is 127. The number of benzene rings is 1. The summed E-state index contributed by atoms with van der Waals surface area (Å²) in [6, 6.07) is 8.84. The average molecular weight is 556 g/mol. The molecule has 0 aliphatic carbocycles. The van der Waals surface area contributed by atoms with Crippen molar-refractivity contribution < 1.29 is 14.7 Å². The molecule has 3 rings (SSSR count). The summed E-state index contributed by atoms with van der Waals surface area (Å²) in [6.07, 6.45) is 1.48. The lowest BCUT2D eigenvalue weighted by molar-refractivity contribution is 0.0650. The molecule has 1 atom stereocenters. The van der Waals surface area contributed by atoms with E-state index in [2.05, 4.69) is 15.6 Å². The predicted octanol–water partition coefficient (Wildman–Crippen LogP) is 3.21. The lowest BCUT2D eigenvalue weighted by Gasteiger charge is -2.21. The van der Waals surface area contributed by atoms with Gasteiger partial charge in [0, 0.05) is 19.6 Å². The standard InChI is InChI=1S/C22H28N4O3S.HI/c1-3-23-21(25-15-22(2,29)16-10-13-30-14-16)24-11-6-7-12-26-19(27)17-8-4-5-9-18(17)20(26)28;/h4-5,8-10,13-14,29H,3,6-7,11-12,15H2,1-2H3,(H2,23,24,25);1H. The second kappa shape index (κ2) is 11.6. The van der Waals surface area contributed by atoms with E-state index < -0.39 is 5.60 Å². The minimum Gasteiger partial charge on any atom is -0.383 e. The van der Waals surface area contributed by atoms with E-state index in [4.69, 9.17) is 0 Å². The Morgan fingerprint density at radius 2 is 1.81 bits per heavy atom. The van der Waals surface area contributed by atoms with Crippen molar-refractivity contribution in [3.05, 3.63) is 57.8 Å². The summed E-state index contributed by atoms with van der Waals surface area (Å²) >= 11 is 1.55. The van der Waals surface area contributed by atoms with Crippen LogP contribution in [0.25, 0.3) is 0 Å². The number of nitrogens with zero attached hydrogens (tertiary/aromatic N) is 2. The number of unbranched alkanes of at least 4 members (excludes halogenated alkanes) is 1. The molecule has 0 spiro atoms. The third-order valence-corrected chi connectivity index (χ3v) is 5.69. The van der Waals surface area contributed by atoms with Gasteiger partial charge in [-0.3, -0.25) is 14.5 Å². The van der Waals surface area contributed by atoms with E-state index in [1.807, 2.05) is 23.8 Å². The number of guanidine groups is 1. The van der Waals surface area contributed by atoms with Gasteiger partial charge in [0.25, 0.3) is 11.8 Å². The summed E-state index contributed by atoms with van der Waals surface area (Å²) < 4.78 is 0. The maximum atomic E-state index is 12.4. The second-order valence-corrected chi connectivity index (χ2v) is 8.20. The van der Waals surface area contributed by atoms with Gasteiger partial charge in [-0.15, -0.1) is 24.0 Å². The zero-order valence-electron chi connectivity index (χ0n) is 17.8. The number of aliphatic imine (C=N–C) groups is 1. The molecule has 1 aliphatic heterocycles. The fourth-order valence-corrected chi connectivity index (χ4v) is 4.06. The van der Waals surface area contributed by atoms with Crippen LogP contribution in [0.1, 0.15) is 53.0 Å². The van der Waals surface area contributed by atoms with Gasteiger partial charge in [0.1, 0.15) is 5.60 Å². The van der Waals surface area contributed by atoms with Crippen LogP contribution >= 0.6 is 35.3 Å². The van der Waals surface area contributed by atoms with Crippen LogP contribution in [0, 0.1) is 0 Å². The molecule has 1 aromatic heterocycles. The molecule has 2 amide bonds. The SMILES string of the molecule is CCNC(=NCC(C)(O)c1ccsc1)NCCCCN1C(=O)c2ccccc2C1=O.I. The molecule has 168 valence electrons. The predicted molar refractivity (Wildman–Crippen MR) is 134 cm³/mol. The van der Waals surface area contributed by atoms with Crippen LogP contribution in [-0.4, -0.2) is 54.0 Å². The highest BCUT2D eigenvalue weighted by molar-refractivity contribution is 14.0. The first-order chi connectivity index (χ1) is 14.4. The summed E-state index contributed by atoms with van der Waals surface area (Å²) in [4.78, 5) is 30.6. The molecule has 1 unspecified atom stereocenters. The van der Waals surface area contributed by atoms with Gasteiger partial charge in [0.2, 0.25) is 0 Å². The van der Waals surface area contributed by atoms with Crippen LogP contribution in [0.4, 0.5) is 0 Å². The van der Waals surface area contributed by atoms with Crippen LogP contribution < -0.4 is 10.6 Å². The van der Waals surface area contributed by atoms with Gasteiger partial charge in [0.05, 0.1) is 17.7 Å². The monoisotopic (exact) mass is 556 g/mol. The molecule has 0 saturated carbocycles. The smallest absolute Gasteiger partial charge is 0.261 e. The number of hydrogen-bond acceptors (Lipinski definition) is 5. The van der Waals surface area contributed by atoms with Crippen molar-refractivity contribution in [2.75, 3.05) is 26.2 Å². The third kappa shape index (κ3) is 6.27. The molecule has 0 bridgehead atoms. The summed E-state index contributed by atoms with van der Waals surface area (Å²) in [7, 11) is 0. The molecule has 0 radical (unpaired) electrons. The molecule has 31 heavy (non-hydrogen) atoms. The van der Waals surface area contributed by atoms with Crippen LogP contribution in [-0.2, 0) is 5.60 Å². The van der Waals surface area contributed by atoms with Crippen molar-refractivity contribution in [3.8, 4) is 0 Å². The number of rotatable bonds is 9. The lowest BCUT2D eigenvalue weighted by atomic mass is 10.00. The van der Waals surface area contributed by atoms with E-state index >= 15 is 0 Å². The Balaban J connectivity index is 0.00000341. The molecule has 2 aromatic rings. The van der Waals surface area contributed by atoms with Crippen LogP contribution in [0.3, 0.4) is 0 Å². The Labute approximate surface area is 204 Å². The van der Waals surface area contributed by atoms with Crippen molar-refractivity contribution in [3.63, 3.8) is 0 Å². The number of aliphatic hydroxyl groups is 1. The quantitative estimate of drug-likeness (QED) is 0.145. The molecule has 9 heteroatoms. The molecule has 0 fully saturated rings. The Hall–Kier alpha value is -1.98. The van der Waals surface area contributed by atoms with Gasteiger partial charge in [0.15, 0.2) is 5.96 Å². The average Bonchev–Trinajstić information content (AvgIpc) is 3.36. The maximum absolute atomic E-state index is 12.4. The number of imide groups is 1. The largest absolute Gasteiger partial charge is 0.383 e. The summed E-state index contributed by atoms with van der Waals surface area (Å²) in [5.74, 6) is 0.206. The Morgan fingerprint density at radius 3 is 2.39 bits per heavy atom. The molecule has 3 N–H and O–H groups in total. The van der Waals surface area contributed by atoms with Gasteiger partial charge in [-0.2, -0.15) is 11.3 Å². The number of fused-ring (bicyclic) bond motifs is 1. The molecule has 0 saturated heterocycles. The zero-order valence-corrected chi connectivity index (χ0v) is 20.9. The van der Waals surface area contributed by atoms with Gasteiger partial charge in [-0.25, -0.2) is 4.99 Å². The van der Waals surface area contributed by atoms with E-state index in [0.717, 1.165) is 12.0 Å². The Kier molecular flexibility index (Phi) is 9.45. The topological polar surface area (TPSA) is 94.0 Å². The number of carbonyl (C=O) groups is 2. The minimum atomic E-state index is -1.02. The Morgan fingerprint density at radius 1 is 1.13 bits per heavy atom. The fraction of sp³-hybridized carbons (Fsp3) is 0.409. The first-order valence-corrected chi connectivity index (χ1v) is 11.1. The normalized spacial score (nSPS) is 15.3. The fourth-order valence-electron chi connectivity index (χ4n) is 3.28. The lowest BCUT2D eigenvalue weighted by Crippen LogP contribution is -2.39. The number of halogens is 1. The third-order valence-electron chi connectivity index (χ3n) is 5.01. The van der Waals surface area contributed by atoms with Crippen molar-refractivity contribution in [1.29, 1.82) is 0 Å². The summed E-state index contributed by atoms with van der Waals surface area (Å²) in [5.41, 5.74) is 0.807. The first-order valence-electron chi connectivity index (χ1n) is 10.2. The van der Waals surface area contributed by atoms with Crippen molar-refractivity contribution in [2.45, 2.75) is 32.3 Å². The van der Waals surface area contributed by atoms with E-state index in [-0.39, 0.29) is 42.3 Å². The minimum absolute atomic E-state index is 0. The van der Waals surface area contributed by atoms with E-state index in [9.17, 15) is 14.7 Å². The van der Waals surface area contributed by atoms with E-state index in [1.54, 1.807) is 42.5 Å². The van der Waals surface area contributed by atoms with Crippen LogP contribution in [0.5, 0.6) is 0 Å². The maximum Gasteiger partial charge on any atom is 0.261 e. The number of amides is 2. The number of hydrogen-bond donors (Lipinski definition) is 3. The van der Waals surface area contributed by atoms with Gasteiger partial charge in [-0.1, -0.05) is 12.1 Å². The molecular weight excluding hydrogens is 527 g/mol. The van der Waals surface area contributed by atoms with Crippen molar-refractivity contribution in [1.82, 2.24) is 15.5 Å². The molecule has 1 aromatic carbocycles. The van der Waals surface area contributed by atoms with Crippen molar-refractivity contribution >= 4 is 53.1 Å². The van der Waals surface area contributed by atoms with Gasteiger partial charge in [-0.05, 0) is 61.2 Å². The van der Waals surface area contributed by atoms with E-state index in [0.29, 0.717) is 43.1 Å². The van der Waals surface area contributed by atoms with Gasteiger partial charge < -0.3 is 15.7 Å². The number of thiophene rings is 1. The van der Waals surface area contributed by atoms with Crippen LogP contribution in [0.2, 0.25) is 0 Å². The zero-order chi connectivity index (χ0) is 21.6. The van der Waals surface area contributed by atoms with Gasteiger partial charge >= 0.3 is 0 Å². The first kappa shape index (κ1) is 25.3. The number of carbonyl (C=O) groups excluding carboxylic acids is 2. The second-order valence-electron chi connectivity index (χ2n) is 7.42.